The zero-order valence-corrected chi connectivity index (χ0v) is 15.4. The van der Waals surface area contributed by atoms with Gasteiger partial charge in [-0.25, -0.2) is 0 Å². The van der Waals surface area contributed by atoms with E-state index in [2.05, 4.69) is 21.2 Å². The normalized spacial score (nSPS) is 16.6. The van der Waals surface area contributed by atoms with E-state index in [4.69, 9.17) is 9.15 Å². The van der Waals surface area contributed by atoms with E-state index in [9.17, 15) is 14.4 Å². The van der Waals surface area contributed by atoms with Crippen molar-refractivity contribution in [1.29, 1.82) is 0 Å². The predicted octanol–water partition coefficient (Wildman–Crippen LogP) is 2.57. The molecule has 2 aromatic rings. The molecule has 1 aromatic carbocycles. The lowest BCUT2D eigenvalue weighted by Crippen LogP contribution is -2.28. The van der Waals surface area contributed by atoms with Crippen LogP contribution in [0.1, 0.15) is 12.2 Å². The van der Waals surface area contributed by atoms with Crippen LogP contribution in [0.3, 0.4) is 0 Å². The van der Waals surface area contributed by atoms with Crippen LogP contribution >= 0.6 is 15.9 Å². The molecule has 2 amide bonds. The van der Waals surface area contributed by atoms with E-state index in [1.165, 1.54) is 6.26 Å². The molecule has 1 aliphatic heterocycles. The Morgan fingerprint density at radius 1 is 1.27 bits per heavy atom. The first-order valence-corrected chi connectivity index (χ1v) is 8.83. The zero-order valence-electron chi connectivity index (χ0n) is 13.8. The van der Waals surface area contributed by atoms with Crippen molar-refractivity contribution in [2.24, 2.45) is 5.92 Å². The number of benzene rings is 1. The molecule has 8 heteroatoms. The fourth-order valence-corrected chi connectivity index (χ4v) is 2.92. The highest BCUT2D eigenvalue weighted by atomic mass is 79.9. The maximum Gasteiger partial charge on any atom is 0.311 e. The molecule has 0 bridgehead atoms. The molecule has 0 unspecified atom stereocenters. The van der Waals surface area contributed by atoms with Crippen molar-refractivity contribution in [3.8, 4) is 0 Å². The van der Waals surface area contributed by atoms with Gasteiger partial charge in [0.05, 0.1) is 18.7 Å². The summed E-state index contributed by atoms with van der Waals surface area (Å²) in [5, 5.41) is 2.64. The standard InChI is InChI=1S/C18H17BrN2O5/c19-13-3-5-14(6-4-13)20-16(22)11-26-18(24)12-8-17(23)21(9-12)10-15-2-1-7-25-15/h1-7,12H,8-11H2,(H,20,22)/t12-/m1/s1. The summed E-state index contributed by atoms with van der Waals surface area (Å²) in [7, 11) is 0. The Kier molecular flexibility index (Phi) is 5.72. The molecule has 7 nitrogen and oxygen atoms in total. The van der Waals surface area contributed by atoms with Gasteiger partial charge in [0.25, 0.3) is 5.91 Å². The molecule has 2 heterocycles. The maximum absolute atomic E-state index is 12.1. The summed E-state index contributed by atoms with van der Waals surface area (Å²) in [4.78, 5) is 37.6. The molecule has 26 heavy (non-hydrogen) atoms. The number of nitrogens with zero attached hydrogens (tertiary/aromatic N) is 1. The summed E-state index contributed by atoms with van der Waals surface area (Å²) < 4.78 is 11.2. The zero-order chi connectivity index (χ0) is 18.5. The summed E-state index contributed by atoms with van der Waals surface area (Å²) >= 11 is 3.31. The molecule has 136 valence electrons. The average molecular weight is 421 g/mol. The summed E-state index contributed by atoms with van der Waals surface area (Å²) in [5.74, 6) is -1.04. The van der Waals surface area contributed by atoms with Gasteiger partial charge in [-0.2, -0.15) is 0 Å². The number of nitrogens with one attached hydrogen (secondary N) is 1. The van der Waals surface area contributed by atoms with Crippen LogP contribution in [0, 0.1) is 5.92 Å². The topological polar surface area (TPSA) is 88.9 Å². The van der Waals surface area contributed by atoms with Gasteiger partial charge in [-0.15, -0.1) is 0 Å². The van der Waals surface area contributed by atoms with Crippen molar-refractivity contribution in [3.05, 3.63) is 52.9 Å². The summed E-state index contributed by atoms with van der Waals surface area (Å²) in [6.45, 7) is 0.185. The minimum Gasteiger partial charge on any atom is -0.467 e. The molecule has 0 spiro atoms. The molecule has 1 aliphatic rings. The Morgan fingerprint density at radius 3 is 2.73 bits per heavy atom. The van der Waals surface area contributed by atoms with E-state index in [1.54, 1.807) is 41.3 Å². The average Bonchev–Trinajstić information content (AvgIpc) is 3.25. The van der Waals surface area contributed by atoms with Crippen LogP contribution < -0.4 is 5.32 Å². The van der Waals surface area contributed by atoms with E-state index >= 15 is 0 Å². The minimum atomic E-state index is -0.571. The van der Waals surface area contributed by atoms with Gasteiger partial charge in [0.1, 0.15) is 5.76 Å². The molecule has 0 radical (unpaired) electrons. The van der Waals surface area contributed by atoms with Crippen molar-refractivity contribution < 1.29 is 23.5 Å². The minimum absolute atomic E-state index is 0.0773. The molecule has 1 aromatic heterocycles. The Morgan fingerprint density at radius 2 is 2.04 bits per heavy atom. The number of amides is 2. The summed E-state index contributed by atoms with van der Waals surface area (Å²) in [6, 6.07) is 10.5. The highest BCUT2D eigenvalue weighted by Gasteiger charge is 2.35. The second kappa shape index (κ2) is 8.18. The van der Waals surface area contributed by atoms with Gasteiger partial charge < -0.3 is 19.4 Å². The van der Waals surface area contributed by atoms with Crippen LogP contribution in [0.5, 0.6) is 0 Å². The molecule has 0 aliphatic carbocycles. The summed E-state index contributed by atoms with van der Waals surface area (Å²) in [5.41, 5.74) is 0.606. The van der Waals surface area contributed by atoms with E-state index in [-0.39, 0.29) is 18.9 Å². The van der Waals surface area contributed by atoms with Gasteiger partial charge in [0.2, 0.25) is 5.91 Å². The predicted molar refractivity (Wildman–Crippen MR) is 96.0 cm³/mol. The van der Waals surface area contributed by atoms with Gasteiger partial charge in [0, 0.05) is 23.1 Å². The molecule has 0 saturated carbocycles. The Bertz CT molecular complexity index is 788. The lowest BCUT2D eigenvalue weighted by Gasteiger charge is -2.14. The van der Waals surface area contributed by atoms with Gasteiger partial charge in [-0.1, -0.05) is 15.9 Å². The number of furan rings is 1. The van der Waals surface area contributed by atoms with E-state index in [1.807, 2.05) is 0 Å². The van der Waals surface area contributed by atoms with E-state index in [0.717, 1.165) is 4.47 Å². The van der Waals surface area contributed by atoms with E-state index < -0.39 is 24.4 Å². The monoisotopic (exact) mass is 420 g/mol. The van der Waals surface area contributed by atoms with Gasteiger partial charge in [-0.05, 0) is 36.4 Å². The van der Waals surface area contributed by atoms with Crippen LogP contribution in [-0.4, -0.2) is 35.8 Å². The third kappa shape index (κ3) is 4.72. The highest BCUT2D eigenvalue weighted by molar-refractivity contribution is 9.10. The fraction of sp³-hybridized carbons (Fsp3) is 0.278. The molecular weight excluding hydrogens is 404 g/mol. The van der Waals surface area contributed by atoms with Crippen molar-refractivity contribution in [1.82, 2.24) is 4.90 Å². The second-order valence-electron chi connectivity index (χ2n) is 5.92. The van der Waals surface area contributed by atoms with Gasteiger partial charge in [-0.3, -0.25) is 14.4 Å². The number of hydrogen-bond donors (Lipinski definition) is 1. The number of hydrogen-bond acceptors (Lipinski definition) is 5. The first-order chi connectivity index (χ1) is 12.5. The number of esters is 1. The SMILES string of the molecule is O=C(COC(=O)[C@@H]1CC(=O)N(Cc2ccco2)C1)Nc1ccc(Br)cc1. The second-order valence-corrected chi connectivity index (χ2v) is 6.83. The Balaban J connectivity index is 1.45. The number of rotatable bonds is 6. The maximum atomic E-state index is 12.1. The molecule has 1 fully saturated rings. The van der Waals surface area contributed by atoms with Crippen molar-refractivity contribution in [2.75, 3.05) is 18.5 Å². The number of halogens is 1. The lowest BCUT2D eigenvalue weighted by atomic mass is 10.1. The van der Waals surface area contributed by atoms with Gasteiger partial charge >= 0.3 is 5.97 Å². The number of carbonyl (C=O) groups is 3. The third-order valence-corrected chi connectivity index (χ3v) is 4.48. The Hall–Kier alpha value is -2.61. The molecule has 1 N–H and O–H groups in total. The molecule has 1 saturated heterocycles. The first-order valence-electron chi connectivity index (χ1n) is 8.03. The number of ether oxygens (including phenoxy) is 1. The van der Waals surface area contributed by atoms with Crippen molar-refractivity contribution in [2.45, 2.75) is 13.0 Å². The van der Waals surface area contributed by atoms with Crippen LogP contribution in [0.2, 0.25) is 0 Å². The molecule has 3 rings (SSSR count). The molecule has 1 atom stereocenters. The lowest BCUT2D eigenvalue weighted by molar-refractivity contribution is -0.151. The van der Waals surface area contributed by atoms with Crippen LogP contribution in [0.15, 0.2) is 51.6 Å². The van der Waals surface area contributed by atoms with Crippen LogP contribution in [0.4, 0.5) is 5.69 Å². The van der Waals surface area contributed by atoms with E-state index in [0.29, 0.717) is 18.0 Å². The quantitative estimate of drug-likeness (QED) is 0.725. The summed E-state index contributed by atoms with van der Waals surface area (Å²) in [6.07, 6.45) is 1.61. The third-order valence-electron chi connectivity index (χ3n) is 3.95. The first kappa shape index (κ1) is 18.2. The smallest absolute Gasteiger partial charge is 0.311 e. The molecular formula is C18H17BrN2O5. The highest BCUT2D eigenvalue weighted by Crippen LogP contribution is 2.21. The Labute approximate surface area is 158 Å². The van der Waals surface area contributed by atoms with Crippen molar-refractivity contribution >= 4 is 39.4 Å². The number of likely N-dealkylation sites (tertiary alicyclic amines) is 1. The van der Waals surface area contributed by atoms with Crippen LogP contribution in [-0.2, 0) is 25.7 Å². The number of carbonyl (C=O) groups excluding carboxylic acids is 3. The van der Waals surface area contributed by atoms with Crippen molar-refractivity contribution in [3.63, 3.8) is 0 Å². The fourth-order valence-electron chi connectivity index (χ4n) is 2.66. The van der Waals surface area contributed by atoms with Crippen LogP contribution in [0.25, 0.3) is 0 Å². The number of anilines is 1. The van der Waals surface area contributed by atoms with Gasteiger partial charge in [0.15, 0.2) is 6.61 Å². The largest absolute Gasteiger partial charge is 0.467 e.